The normalized spacial score (nSPS) is 37.9. The van der Waals surface area contributed by atoms with Gasteiger partial charge in [-0.2, -0.15) is 0 Å². The van der Waals surface area contributed by atoms with E-state index in [9.17, 15) is 24.6 Å². The van der Waals surface area contributed by atoms with Crippen LogP contribution in [0.3, 0.4) is 0 Å². The minimum absolute atomic E-state index is 0.00321. The minimum Gasteiger partial charge on any atom is -0.481 e. The number of hydrogen-bond acceptors (Lipinski definition) is 5. The molecule has 0 aromatic carbocycles. The number of carbonyl (C=O) groups excluding carboxylic acids is 2. The molecule has 0 aromatic heterocycles. The Morgan fingerprint density at radius 2 is 1.97 bits per heavy atom. The highest BCUT2D eigenvalue weighted by atomic mass is 16.5. The molecule has 4 aliphatic rings. The molecule has 3 saturated heterocycles. The van der Waals surface area contributed by atoms with Gasteiger partial charge in [0.25, 0.3) is 0 Å². The highest BCUT2D eigenvalue weighted by molar-refractivity contribution is 5.98. The third-order valence-corrected chi connectivity index (χ3v) is 8.75. The topological polar surface area (TPSA) is 107 Å². The number of hydrogen-bond donors (Lipinski definition) is 2. The molecule has 0 aromatic rings. The second-order valence-corrected chi connectivity index (χ2v) is 10.6. The van der Waals surface area contributed by atoms with Crippen molar-refractivity contribution in [2.24, 2.45) is 17.8 Å². The maximum atomic E-state index is 14.2. The number of aliphatic hydroxyl groups is 1. The average molecular weight is 463 g/mol. The Hall–Kier alpha value is -1.93. The molecule has 6 atom stereocenters. The number of carbonyl (C=O) groups is 3. The molecule has 184 valence electrons. The van der Waals surface area contributed by atoms with Gasteiger partial charge in [-0.1, -0.05) is 32.3 Å². The quantitative estimate of drug-likeness (QED) is 0.402. The number of likely N-dealkylation sites (tertiary alicyclic amines) is 1. The molecular formula is C25H38N2O6. The molecule has 3 heterocycles. The number of nitrogens with zero attached hydrogens (tertiary/aromatic N) is 2. The second kappa shape index (κ2) is 9.02. The molecule has 1 aliphatic carbocycles. The third kappa shape index (κ3) is 3.60. The first kappa shape index (κ1) is 24.2. The summed E-state index contributed by atoms with van der Waals surface area (Å²) in [4.78, 5) is 43.8. The Bertz CT molecular complexity index is 811. The maximum Gasteiger partial charge on any atom is 0.310 e. The van der Waals surface area contributed by atoms with Gasteiger partial charge in [0, 0.05) is 25.7 Å². The number of carboxylic acids is 1. The Morgan fingerprint density at radius 1 is 1.27 bits per heavy atom. The zero-order chi connectivity index (χ0) is 24.0. The van der Waals surface area contributed by atoms with Gasteiger partial charge in [0.15, 0.2) is 0 Å². The van der Waals surface area contributed by atoms with Gasteiger partial charge in [0.1, 0.15) is 17.6 Å². The van der Waals surface area contributed by atoms with Crippen molar-refractivity contribution in [3.05, 3.63) is 12.7 Å². The molecule has 33 heavy (non-hydrogen) atoms. The lowest BCUT2D eigenvalue weighted by molar-refractivity contribution is -0.158. The van der Waals surface area contributed by atoms with Crippen LogP contribution in [0.15, 0.2) is 12.7 Å². The molecule has 3 unspecified atom stereocenters. The smallest absolute Gasteiger partial charge is 0.310 e. The SMILES string of the molecule is C=CCN(C(=O)C1N(CCCCO)C(=O)[C@@H]2[C@H](C(=O)O)[C@@]3(C)OC12CC3C)C1CCCCC1. The van der Waals surface area contributed by atoms with Gasteiger partial charge >= 0.3 is 5.97 Å². The standard InChI is InChI=1S/C25H38N2O6/c1-4-12-26(17-10-6-5-7-11-17)22(30)20-25-15-16(2)24(3,33-25)19(23(31)32)18(25)21(29)27(20)13-8-9-14-28/h4,16-20,28H,1,5-15H2,2-3H3,(H,31,32)/t16?,18-,19+,20?,24-,25?/m0/s1. The van der Waals surface area contributed by atoms with Crippen LogP contribution in [-0.2, 0) is 19.1 Å². The van der Waals surface area contributed by atoms with Gasteiger partial charge in [-0.15, -0.1) is 6.58 Å². The summed E-state index contributed by atoms with van der Waals surface area (Å²) in [6.45, 7) is 8.32. The van der Waals surface area contributed by atoms with Gasteiger partial charge in [0.05, 0.1) is 11.5 Å². The Morgan fingerprint density at radius 3 is 2.58 bits per heavy atom. The molecule has 8 nitrogen and oxygen atoms in total. The first-order valence-corrected chi connectivity index (χ1v) is 12.5. The highest BCUT2D eigenvalue weighted by Gasteiger charge is 2.80. The fourth-order valence-corrected chi connectivity index (χ4v) is 7.14. The summed E-state index contributed by atoms with van der Waals surface area (Å²) < 4.78 is 6.55. The predicted octanol–water partition coefficient (Wildman–Crippen LogP) is 2.20. The van der Waals surface area contributed by atoms with E-state index < -0.39 is 35.0 Å². The van der Waals surface area contributed by atoms with Crippen molar-refractivity contribution < 1.29 is 29.3 Å². The fourth-order valence-electron chi connectivity index (χ4n) is 7.14. The molecule has 3 aliphatic heterocycles. The van der Waals surface area contributed by atoms with E-state index in [1.807, 2.05) is 11.8 Å². The first-order valence-electron chi connectivity index (χ1n) is 12.5. The molecule has 0 radical (unpaired) electrons. The monoisotopic (exact) mass is 462 g/mol. The van der Waals surface area contributed by atoms with Crippen molar-refractivity contribution in [2.75, 3.05) is 19.7 Å². The van der Waals surface area contributed by atoms with Crippen LogP contribution in [0.1, 0.15) is 65.2 Å². The molecule has 2 N–H and O–H groups in total. The van der Waals surface area contributed by atoms with Gasteiger partial charge in [0.2, 0.25) is 11.8 Å². The number of unbranched alkanes of at least 4 members (excludes halogenated alkanes) is 1. The van der Waals surface area contributed by atoms with Crippen molar-refractivity contribution in [3.63, 3.8) is 0 Å². The maximum absolute atomic E-state index is 14.2. The summed E-state index contributed by atoms with van der Waals surface area (Å²) in [5, 5.41) is 19.4. The Balaban J connectivity index is 1.75. The predicted molar refractivity (Wildman–Crippen MR) is 121 cm³/mol. The summed E-state index contributed by atoms with van der Waals surface area (Å²) in [6, 6.07) is -0.750. The molecule has 4 fully saturated rings. The van der Waals surface area contributed by atoms with E-state index in [1.54, 1.807) is 17.9 Å². The third-order valence-electron chi connectivity index (χ3n) is 8.75. The van der Waals surface area contributed by atoms with E-state index in [2.05, 4.69) is 6.58 Å². The highest BCUT2D eigenvalue weighted by Crippen LogP contribution is 2.65. The summed E-state index contributed by atoms with van der Waals surface area (Å²) in [7, 11) is 0. The van der Waals surface area contributed by atoms with Crippen LogP contribution in [0, 0.1) is 17.8 Å². The van der Waals surface area contributed by atoms with Gasteiger partial charge in [-0.05, 0) is 44.9 Å². The van der Waals surface area contributed by atoms with Gasteiger partial charge < -0.3 is 24.7 Å². The molecule has 1 spiro atoms. The lowest BCUT2D eigenvalue weighted by Gasteiger charge is -2.41. The number of aliphatic carboxylic acids is 1. The van der Waals surface area contributed by atoms with Crippen LogP contribution in [0.2, 0.25) is 0 Å². The van der Waals surface area contributed by atoms with E-state index in [4.69, 9.17) is 4.74 Å². The second-order valence-electron chi connectivity index (χ2n) is 10.6. The number of carboxylic acid groups (broad SMARTS) is 1. The van der Waals surface area contributed by atoms with Crippen molar-refractivity contribution in [1.29, 1.82) is 0 Å². The number of aliphatic hydroxyl groups excluding tert-OH is 1. The minimum atomic E-state index is -1.13. The average Bonchev–Trinajstić information content (AvgIpc) is 3.29. The van der Waals surface area contributed by atoms with Crippen LogP contribution < -0.4 is 0 Å². The van der Waals surface area contributed by atoms with Gasteiger partial charge in [-0.3, -0.25) is 14.4 Å². The summed E-state index contributed by atoms with van der Waals surface area (Å²) in [6.07, 6.45) is 8.41. The summed E-state index contributed by atoms with van der Waals surface area (Å²) >= 11 is 0. The Labute approximate surface area is 195 Å². The van der Waals surface area contributed by atoms with E-state index in [0.29, 0.717) is 32.4 Å². The molecule has 2 bridgehead atoms. The number of fused-ring (bicyclic) bond motifs is 1. The van der Waals surface area contributed by atoms with Crippen LogP contribution in [0.4, 0.5) is 0 Å². The van der Waals surface area contributed by atoms with Crippen LogP contribution >= 0.6 is 0 Å². The van der Waals surface area contributed by atoms with Crippen molar-refractivity contribution >= 4 is 17.8 Å². The van der Waals surface area contributed by atoms with E-state index in [-0.39, 0.29) is 30.4 Å². The summed E-state index contributed by atoms with van der Waals surface area (Å²) in [5.41, 5.74) is -2.10. The lowest BCUT2D eigenvalue weighted by Crippen LogP contribution is -2.58. The van der Waals surface area contributed by atoms with Gasteiger partial charge in [-0.25, -0.2) is 0 Å². The molecule has 4 rings (SSSR count). The van der Waals surface area contributed by atoms with Crippen molar-refractivity contribution in [2.45, 2.75) is 88.5 Å². The largest absolute Gasteiger partial charge is 0.481 e. The number of rotatable bonds is 9. The first-order chi connectivity index (χ1) is 15.7. The van der Waals surface area contributed by atoms with Crippen molar-refractivity contribution in [1.82, 2.24) is 9.80 Å². The zero-order valence-corrected chi connectivity index (χ0v) is 19.9. The number of ether oxygens (including phenoxy) is 1. The molecule has 2 amide bonds. The number of amides is 2. The van der Waals surface area contributed by atoms with Crippen LogP contribution in [0.5, 0.6) is 0 Å². The molecule has 1 saturated carbocycles. The van der Waals surface area contributed by atoms with Crippen LogP contribution in [-0.4, -0.2) is 80.8 Å². The molecule has 8 heteroatoms. The fraction of sp³-hybridized carbons (Fsp3) is 0.800. The van der Waals surface area contributed by atoms with Crippen LogP contribution in [0.25, 0.3) is 0 Å². The van der Waals surface area contributed by atoms with Crippen molar-refractivity contribution in [3.8, 4) is 0 Å². The van der Waals surface area contributed by atoms with E-state index >= 15 is 0 Å². The Kier molecular flexibility index (Phi) is 6.62. The zero-order valence-electron chi connectivity index (χ0n) is 19.9. The van der Waals surface area contributed by atoms with E-state index in [1.165, 1.54) is 0 Å². The lowest BCUT2D eigenvalue weighted by atomic mass is 9.62. The summed E-state index contributed by atoms with van der Waals surface area (Å²) in [5.74, 6) is -3.41. The van der Waals surface area contributed by atoms with E-state index in [0.717, 1.165) is 32.1 Å². The molecular weight excluding hydrogens is 424 g/mol.